The van der Waals surface area contributed by atoms with Gasteiger partial charge in [-0.2, -0.15) is 0 Å². The van der Waals surface area contributed by atoms with Crippen LogP contribution in [0.4, 0.5) is 0 Å². The highest BCUT2D eigenvalue weighted by Crippen LogP contribution is 2.20. The van der Waals surface area contributed by atoms with Crippen LogP contribution in [0.5, 0.6) is 0 Å². The van der Waals surface area contributed by atoms with Crippen molar-refractivity contribution in [2.75, 3.05) is 0 Å². The molecule has 1 saturated carbocycles. The Kier molecular flexibility index (Phi) is 4.25. The van der Waals surface area contributed by atoms with E-state index < -0.39 is 6.10 Å². The number of aliphatic hydroxyl groups excluding tert-OH is 1. The first-order valence-electron chi connectivity index (χ1n) is 6.33. The molecule has 4 heteroatoms. The molecule has 1 amide bonds. The zero-order valence-corrected chi connectivity index (χ0v) is 11.2. The fourth-order valence-corrected chi connectivity index (χ4v) is 2.43. The number of nitrogens with one attached hydrogen (secondary N) is 1. The summed E-state index contributed by atoms with van der Waals surface area (Å²) in [6.45, 7) is 1.87. The minimum atomic E-state index is -0.420. The fraction of sp³-hybridized carbons (Fsp3) is 0.500. The van der Waals surface area contributed by atoms with E-state index >= 15 is 0 Å². The van der Waals surface area contributed by atoms with Crippen LogP contribution in [0.3, 0.4) is 0 Å². The van der Waals surface area contributed by atoms with Crippen LogP contribution < -0.4 is 5.32 Å². The van der Waals surface area contributed by atoms with Crippen molar-refractivity contribution in [3.05, 3.63) is 34.3 Å². The monoisotopic (exact) mass is 267 g/mol. The molecule has 1 aromatic rings. The van der Waals surface area contributed by atoms with E-state index in [1.54, 1.807) is 18.2 Å². The highest BCUT2D eigenvalue weighted by molar-refractivity contribution is 6.31. The van der Waals surface area contributed by atoms with Crippen LogP contribution in [0.1, 0.15) is 41.6 Å². The van der Waals surface area contributed by atoms with E-state index in [1.165, 1.54) is 0 Å². The first-order valence-corrected chi connectivity index (χ1v) is 6.71. The highest BCUT2D eigenvalue weighted by atomic mass is 35.5. The zero-order chi connectivity index (χ0) is 13.1. The predicted octanol–water partition coefficient (Wildman–Crippen LogP) is 2.68. The maximum atomic E-state index is 12.1. The molecule has 0 saturated heterocycles. The maximum Gasteiger partial charge on any atom is 0.251 e. The molecule has 1 fully saturated rings. The van der Waals surface area contributed by atoms with Crippen LogP contribution in [0.15, 0.2) is 18.2 Å². The summed E-state index contributed by atoms with van der Waals surface area (Å²) >= 11 is 5.93. The lowest BCUT2D eigenvalue weighted by Crippen LogP contribution is -2.45. The van der Waals surface area contributed by atoms with Gasteiger partial charge < -0.3 is 10.4 Å². The number of aryl methyl sites for hydroxylation is 1. The van der Waals surface area contributed by atoms with E-state index in [2.05, 4.69) is 5.32 Å². The smallest absolute Gasteiger partial charge is 0.251 e. The summed E-state index contributed by atoms with van der Waals surface area (Å²) in [4.78, 5) is 12.1. The predicted molar refractivity (Wildman–Crippen MR) is 71.9 cm³/mol. The second-order valence-corrected chi connectivity index (χ2v) is 5.30. The number of halogens is 1. The summed E-state index contributed by atoms with van der Waals surface area (Å²) < 4.78 is 0. The quantitative estimate of drug-likeness (QED) is 0.866. The van der Waals surface area contributed by atoms with Gasteiger partial charge in [-0.25, -0.2) is 0 Å². The van der Waals surface area contributed by atoms with Crippen LogP contribution in [0.25, 0.3) is 0 Å². The Bertz CT molecular complexity index is 447. The number of hydrogen-bond acceptors (Lipinski definition) is 2. The molecule has 0 aromatic heterocycles. The molecule has 1 aromatic carbocycles. The normalized spacial score (nSPS) is 23.7. The molecule has 0 unspecified atom stereocenters. The molecule has 98 valence electrons. The van der Waals surface area contributed by atoms with Crippen molar-refractivity contribution >= 4 is 17.5 Å². The summed E-state index contributed by atoms with van der Waals surface area (Å²) in [7, 11) is 0. The van der Waals surface area contributed by atoms with Gasteiger partial charge in [-0.1, -0.05) is 24.4 Å². The lowest BCUT2D eigenvalue weighted by atomic mass is 9.92. The van der Waals surface area contributed by atoms with Gasteiger partial charge in [0.1, 0.15) is 0 Å². The number of carbonyl (C=O) groups excluding carboxylic acids is 1. The minimum Gasteiger partial charge on any atom is -0.391 e. The molecular weight excluding hydrogens is 250 g/mol. The average Bonchev–Trinajstić information content (AvgIpc) is 2.35. The van der Waals surface area contributed by atoms with E-state index in [9.17, 15) is 9.90 Å². The van der Waals surface area contributed by atoms with Crippen molar-refractivity contribution in [3.63, 3.8) is 0 Å². The molecule has 2 atom stereocenters. The molecule has 0 aliphatic heterocycles. The van der Waals surface area contributed by atoms with Gasteiger partial charge in [0, 0.05) is 10.6 Å². The number of benzene rings is 1. The van der Waals surface area contributed by atoms with Crippen LogP contribution in [0, 0.1) is 6.92 Å². The molecule has 2 N–H and O–H groups in total. The van der Waals surface area contributed by atoms with E-state index in [0.717, 1.165) is 31.2 Å². The summed E-state index contributed by atoms with van der Waals surface area (Å²) in [6, 6.07) is 5.08. The molecular formula is C14H18ClNO2. The molecule has 1 aliphatic carbocycles. The zero-order valence-electron chi connectivity index (χ0n) is 10.4. The summed E-state index contributed by atoms with van der Waals surface area (Å²) in [5.74, 6) is -0.138. The highest BCUT2D eigenvalue weighted by Gasteiger charge is 2.24. The third kappa shape index (κ3) is 3.03. The molecule has 0 heterocycles. The lowest BCUT2D eigenvalue weighted by molar-refractivity contribution is 0.0717. The molecule has 0 spiro atoms. The third-order valence-electron chi connectivity index (χ3n) is 3.47. The second kappa shape index (κ2) is 5.72. The van der Waals surface area contributed by atoms with Gasteiger partial charge in [0.15, 0.2) is 0 Å². The van der Waals surface area contributed by atoms with Crippen molar-refractivity contribution in [3.8, 4) is 0 Å². The molecule has 0 radical (unpaired) electrons. The Balaban J connectivity index is 2.04. The number of carbonyl (C=O) groups is 1. The van der Waals surface area contributed by atoms with Crippen molar-refractivity contribution < 1.29 is 9.90 Å². The summed E-state index contributed by atoms with van der Waals surface area (Å²) in [5.41, 5.74) is 1.48. The molecule has 2 rings (SSSR count). The van der Waals surface area contributed by atoms with Crippen molar-refractivity contribution in [2.45, 2.75) is 44.8 Å². The van der Waals surface area contributed by atoms with Crippen molar-refractivity contribution in [1.29, 1.82) is 0 Å². The van der Waals surface area contributed by atoms with Gasteiger partial charge >= 0.3 is 0 Å². The lowest BCUT2D eigenvalue weighted by Gasteiger charge is -2.28. The van der Waals surface area contributed by atoms with E-state index in [1.807, 2.05) is 6.92 Å². The van der Waals surface area contributed by atoms with E-state index in [4.69, 9.17) is 11.6 Å². The third-order valence-corrected chi connectivity index (χ3v) is 3.89. The second-order valence-electron chi connectivity index (χ2n) is 4.90. The first kappa shape index (κ1) is 13.4. The van der Waals surface area contributed by atoms with Gasteiger partial charge in [-0.05, 0) is 43.5 Å². The Morgan fingerprint density at radius 3 is 2.78 bits per heavy atom. The largest absolute Gasteiger partial charge is 0.391 e. The van der Waals surface area contributed by atoms with Gasteiger partial charge in [-0.3, -0.25) is 4.79 Å². The van der Waals surface area contributed by atoms with Gasteiger partial charge in [-0.15, -0.1) is 0 Å². The fourth-order valence-electron chi connectivity index (χ4n) is 2.32. The average molecular weight is 268 g/mol. The van der Waals surface area contributed by atoms with Crippen molar-refractivity contribution in [2.24, 2.45) is 0 Å². The minimum absolute atomic E-state index is 0.123. The molecule has 0 bridgehead atoms. The van der Waals surface area contributed by atoms with E-state index in [0.29, 0.717) is 10.6 Å². The SMILES string of the molecule is Cc1cc(C(=O)N[C@H]2CCCC[C@@H]2O)ccc1Cl. The number of rotatable bonds is 2. The molecule has 3 nitrogen and oxygen atoms in total. The van der Waals surface area contributed by atoms with Gasteiger partial charge in [0.05, 0.1) is 12.1 Å². The maximum absolute atomic E-state index is 12.1. The Labute approximate surface area is 112 Å². The van der Waals surface area contributed by atoms with Crippen LogP contribution >= 0.6 is 11.6 Å². The first-order chi connectivity index (χ1) is 8.58. The van der Waals surface area contributed by atoms with Crippen LogP contribution in [-0.2, 0) is 0 Å². The van der Waals surface area contributed by atoms with E-state index in [-0.39, 0.29) is 11.9 Å². The summed E-state index contributed by atoms with van der Waals surface area (Å²) in [5, 5.41) is 13.4. The Morgan fingerprint density at radius 2 is 2.11 bits per heavy atom. The summed E-state index contributed by atoms with van der Waals surface area (Å²) in [6.07, 6.45) is 3.29. The number of aliphatic hydroxyl groups is 1. The van der Waals surface area contributed by atoms with Gasteiger partial charge in [0.2, 0.25) is 0 Å². The topological polar surface area (TPSA) is 49.3 Å². The number of amides is 1. The standard InChI is InChI=1S/C14H18ClNO2/c1-9-8-10(6-7-11(9)15)14(18)16-12-4-2-3-5-13(12)17/h6-8,12-13,17H,2-5H2,1H3,(H,16,18)/t12-,13-/m0/s1. The molecule has 1 aliphatic rings. The van der Waals surface area contributed by atoms with Crippen molar-refractivity contribution in [1.82, 2.24) is 5.32 Å². The molecule has 18 heavy (non-hydrogen) atoms. The Morgan fingerprint density at radius 1 is 1.39 bits per heavy atom. The Hall–Kier alpha value is -1.06. The van der Waals surface area contributed by atoms with Crippen LogP contribution in [0.2, 0.25) is 5.02 Å². The van der Waals surface area contributed by atoms with Gasteiger partial charge in [0.25, 0.3) is 5.91 Å². The van der Waals surface area contributed by atoms with Crippen LogP contribution in [-0.4, -0.2) is 23.2 Å². The number of hydrogen-bond donors (Lipinski definition) is 2.